The van der Waals surface area contributed by atoms with E-state index in [1.54, 1.807) is 18.0 Å². The molecule has 2 aromatic rings. The summed E-state index contributed by atoms with van der Waals surface area (Å²) in [5.41, 5.74) is 1.98. The zero-order valence-electron chi connectivity index (χ0n) is 11.5. The van der Waals surface area contributed by atoms with E-state index in [-0.39, 0.29) is 5.91 Å². The molecule has 0 radical (unpaired) electrons. The largest absolute Gasteiger partial charge is 0.326 e. The molecule has 0 saturated carbocycles. The van der Waals surface area contributed by atoms with Gasteiger partial charge in [0, 0.05) is 30.2 Å². The molecule has 104 valence electrons. The van der Waals surface area contributed by atoms with E-state index >= 15 is 0 Å². The second kappa shape index (κ2) is 7.07. The molecule has 4 nitrogen and oxygen atoms in total. The maximum Gasteiger partial charge on any atom is 0.221 e. The van der Waals surface area contributed by atoms with Crippen LogP contribution in [-0.4, -0.2) is 17.9 Å². The van der Waals surface area contributed by atoms with Gasteiger partial charge < -0.3 is 10.6 Å². The minimum atomic E-state index is -0.0635. The first-order chi connectivity index (χ1) is 9.69. The first-order valence-corrected chi connectivity index (χ1v) is 7.14. The predicted octanol–water partition coefficient (Wildman–Crippen LogP) is 2.91. The molecule has 0 unspecified atom stereocenters. The number of rotatable bonds is 5. The number of nitrogens with zero attached hydrogens (tertiary/aromatic N) is 1. The molecule has 20 heavy (non-hydrogen) atoms. The van der Waals surface area contributed by atoms with Crippen LogP contribution in [0, 0.1) is 0 Å². The first kappa shape index (κ1) is 14.6. The molecule has 1 heterocycles. The molecule has 1 amide bonds. The van der Waals surface area contributed by atoms with E-state index in [1.165, 1.54) is 12.5 Å². The molecule has 0 bridgehead atoms. The van der Waals surface area contributed by atoms with Crippen molar-refractivity contribution in [3.8, 4) is 0 Å². The Morgan fingerprint density at radius 2 is 2.00 bits per heavy atom. The molecule has 0 saturated heterocycles. The van der Waals surface area contributed by atoms with Crippen molar-refractivity contribution in [3.05, 3.63) is 48.2 Å². The van der Waals surface area contributed by atoms with Crippen LogP contribution in [0.3, 0.4) is 0 Å². The third kappa shape index (κ3) is 4.08. The lowest BCUT2D eigenvalue weighted by Crippen LogP contribution is -2.06. The quantitative estimate of drug-likeness (QED) is 0.888. The number of carbonyl (C=O) groups is 1. The number of carbonyl (C=O) groups excluding carboxylic acids is 1. The number of aromatic nitrogens is 1. The van der Waals surface area contributed by atoms with Gasteiger partial charge in [-0.25, -0.2) is 4.98 Å². The molecular formula is C15H17N3OS. The van der Waals surface area contributed by atoms with E-state index in [0.717, 1.165) is 22.2 Å². The van der Waals surface area contributed by atoms with Crippen molar-refractivity contribution in [1.29, 1.82) is 0 Å². The average molecular weight is 287 g/mol. The molecule has 0 aliphatic heterocycles. The number of pyridine rings is 1. The Kier molecular flexibility index (Phi) is 5.15. The van der Waals surface area contributed by atoms with Crippen LogP contribution in [0.2, 0.25) is 0 Å². The first-order valence-electron chi connectivity index (χ1n) is 6.33. The molecule has 5 heteroatoms. The van der Waals surface area contributed by atoms with Gasteiger partial charge in [-0.1, -0.05) is 17.8 Å². The van der Waals surface area contributed by atoms with E-state index in [4.69, 9.17) is 0 Å². The Bertz CT molecular complexity index is 584. The monoisotopic (exact) mass is 287 g/mol. The molecule has 0 fully saturated rings. The van der Waals surface area contributed by atoms with Crippen molar-refractivity contribution < 1.29 is 4.79 Å². The van der Waals surface area contributed by atoms with Crippen LogP contribution < -0.4 is 10.6 Å². The third-order valence-electron chi connectivity index (χ3n) is 2.61. The molecule has 2 N–H and O–H groups in total. The van der Waals surface area contributed by atoms with E-state index < -0.39 is 0 Å². The highest BCUT2D eigenvalue weighted by Crippen LogP contribution is 2.29. The smallest absolute Gasteiger partial charge is 0.221 e. The van der Waals surface area contributed by atoms with Crippen molar-refractivity contribution in [1.82, 2.24) is 10.3 Å². The number of nitrogens with one attached hydrogen (secondary N) is 2. The second-order valence-corrected chi connectivity index (χ2v) is 5.37. The highest BCUT2D eigenvalue weighted by atomic mass is 32.2. The van der Waals surface area contributed by atoms with E-state index in [9.17, 15) is 4.79 Å². The van der Waals surface area contributed by atoms with Gasteiger partial charge in [0.15, 0.2) is 0 Å². The summed E-state index contributed by atoms with van der Waals surface area (Å²) in [5.74, 6) is -0.0635. The average Bonchev–Trinajstić information content (AvgIpc) is 2.43. The molecule has 2 rings (SSSR count). The Labute approximate surface area is 123 Å². The van der Waals surface area contributed by atoms with Crippen molar-refractivity contribution in [2.24, 2.45) is 0 Å². The Hall–Kier alpha value is -1.85. The van der Waals surface area contributed by atoms with Gasteiger partial charge in [0.25, 0.3) is 0 Å². The number of amides is 1. The summed E-state index contributed by atoms with van der Waals surface area (Å²) < 4.78 is 0. The van der Waals surface area contributed by atoms with Gasteiger partial charge in [-0.2, -0.15) is 0 Å². The zero-order chi connectivity index (χ0) is 14.4. The van der Waals surface area contributed by atoms with Crippen molar-refractivity contribution in [2.45, 2.75) is 23.4 Å². The van der Waals surface area contributed by atoms with Crippen LogP contribution >= 0.6 is 11.8 Å². The molecule has 0 spiro atoms. The standard InChI is InChI=1S/C15H17N3OS/c1-11(19)18-13-5-7-14(8-6-13)20-15-12(10-16-2)4-3-9-17-15/h3-9,16H,10H2,1-2H3,(H,18,19). The van der Waals surface area contributed by atoms with Crippen LogP contribution in [0.4, 0.5) is 5.69 Å². The number of hydrogen-bond acceptors (Lipinski definition) is 4. The van der Waals surface area contributed by atoms with Crippen molar-refractivity contribution in [2.75, 3.05) is 12.4 Å². The second-order valence-electron chi connectivity index (χ2n) is 4.31. The summed E-state index contributed by atoms with van der Waals surface area (Å²) in [6.07, 6.45) is 1.80. The number of benzene rings is 1. The molecule has 1 aromatic heterocycles. The summed E-state index contributed by atoms with van der Waals surface area (Å²) in [7, 11) is 1.92. The lowest BCUT2D eigenvalue weighted by Gasteiger charge is -2.08. The minimum absolute atomic E-state index is 0.0635. The minimum Gasteiger partial charge on any atom is -0.326 e. The SMILES string of the molecule is CNCc1cccnc1Sc1ccc(NC(C)=O)cc1. The normalized spacial score (nSPS) is 10.3. The van der Waals surface area contributed by atoms with Crippen LogP contribution in [0.25, 0.3) is 0 Å². The summed E-state index contributed by atoms with van der Waals surface area (Å²) >= 11 is 1.62. The Balaban J connectivity index is 2.12. The van der Waals surface area contributed by atoms with E-state index in [2.05, 4.69) is 21.7 Å². The van der Waals surface area contributed by atoms with Gasteiger partial charge in [-0.3, -0.25) is 4.79 Å². The van der Waals surface area contributed by atoms with Crippen LogP contribution in [-0.2, 0) is 11.3 Å². The van der Waals surface area contributed by atoms with Gasteiger partial charge in [-0.15, -0.1) is 0 Å². The van der Waals surface area contributed by atoms with Gasteiger partial charge in [0.2, 0.25) is 5.91 Å². The lowest BCUT2D eigenvalue weighted by atomic mass is 10.3. The van der Waals surface area contributed by atoms with E-state index in [0.29, 0.717) is 0 Å². The van der Waals surface area contributed by atoms with Crippen molar-refractivity contribution >= 4 is 23.4 Å². The van der Waals surface area contributed by atoms with Crippen LogP contribution in [0.15, 0.2) is 52.5 Å². The lowest BCUT2D eigenvalue weighted by molar-refractivity contribution is -0.114. The zero-order valence-corrected chi connectivity index (χ0v) is 12.3. The van der Waals surface area contributed by atoms with E-state index in [1.807, 2.05) is 37.4 Å². The Morgan fingerprint density at radius 1 is 1.25 bits per heavy atom. The topological polar surface area (TPSA) is 54.0 Å². The summed E-state index contributed by atoms with van der Waals surface area (Å²) in [5, 5.41) is 6.89. The van der Waals surface area contributed by atoms with Gasteiger partial charge in [-0.05, 0) is 42.9 Å². The highest BCUT2D eigenvalue weighted by molar-refractivity contribution is 7.99. The maximum absolute atomic E-state index is 11.0. The summed E-state index contributed by atoms with van der Waals surface area (Å²) in [6.45, 7) is 2.29. The molecule has 1 aromatic carbocycles. The van der Waals surface area contributed by atoms with Crippen molar-refractivity contribution in [3.63, 3.8) is 0 Å². The fourth-order valence-corrected chi connectivity index (χ4v) is 2.64. The van der Waals surface area contributed by atoms with Gasteiger partial charge in [0.05, 0.1) is 0 Å². The highest BCUT2D eigenvalue weighted by Gasteiger charge is 2.05. The maximum atomic E-state index is 11.0. The van der Waals surface area contributed by atoms with Crippen LogP contribution in [0.1, 0.15) is 12.5 Å². The fraction of sp³-hybridized carbons (Fsp3) is 0.200. The number of anilines is 1. The molecule has 0 aliphatic rings. The van der Waals surface area contributed by atoms with Gasteiger partial charge >= 0.3 is 0 Å². The Morgan fingerprint density at radius 3 is 2.65 bits per heavy atom. The molecular weight excluding hydrogens is 270 g/mol. The molecule has 0 atom stereocenters. The predicted molar refractivity (Wildman–Crippen MR) is 81.9 cm³/mol. The van der Waals surface area contributed by atoms with Gasteiger partial charge in [0.1, 0.15) is 5.03 Å². The summed E-state index contributed by atoms with van der Waals surface area (Å²) in [6, 6.07) is 11.8. The summed E-state index contributed by atoms with van der Waals surface area (Å²) in [4.78, 5) is 16.5. The third-order valence-corrected chi connectivity index (χ3v) is 3.68. The number of hydrogen-bond donors (Lipinski definition) is 2. The fourth-order valence-electron chi connectivity index (χ4n) is 1.76. The molecule has 0 aliphatic carbocycles. The van der Waals surface area contributed by atoms with Crippen LogP contribution in [0.5, 0.6) is 0 Å².